The van der Waals surface area contributed by atoms with Crippen molar-refractivity contribution in [2.24, 2.45) is 0 Å². The van der Waals surface area contributed by atoms with Gasteiger partial charge in [-0.3, -0.25) is 14.9 Å². The molecule has 0 aromatic carbocycles. The van der Waals surface area contributed by atoms with Crippen LogP contribution in [-0.4, -0.2) is 72.6 Å². The summed E-state index contributed by atoms with van der Waals surface area (Å²) in [7, 11) is 2.02. The lowest BCUT2D eigenvalue weighted by atomic mass is 10.3. The van der Waals surface area contributed by atoms with Crippen LogP contribution in [0.4, 0.5) is 0 Å². The molecule has 1 heterocycles. The van der Waals surface area contributed by atoms with Crippen molar-refractivity contribution in [3.05, 3.63) is 0 Å². The highest BCUT2D eigenvalue weighted by Gasteiger charge is 2.20. The number of likely N-dealkylation sites (N-methyl/N-ethyl adjacent to an activating group) is 1. The van der Waals surface area contributed by atoms with Gasteiger partial charge in [-0.05, 0) is 14.0 Å². The molecule has 2 N–H and O–H groups in total. The van der Waals surface area contributed by atoms with Gasteiger partial charge in [0.05, 0.1) is 6.54 Å². The minimum absolute atomic E-state index is 0.0267. The number of carboxylic acids is 1. The average molecular weight is 229 g/mol. The molecule has 1 amide bonds. The summed E-state index contributed by atoms with van der Waals surface area (Å²) in [4.78, 5) is 26.2. The summed E-state index contributed by atoms with van der Waals surface area (Å²) in [5.41, 5.74) is 0. The molecule has 1 aliphatic rings. The van der Waals surface area contributed by atoms with Crippen LogP contribution in [0.15, 0.2) is 0 Å². The molecule has 1 saturated heterocycles. The highest BCUT2D eigenvalue weighted by Crippen LogP contribution is 1.99. The van der Waals surface area contributed by atoms with Crippen LogP contribution < -0.4 is 5.32 Å². The van der Waals surface area contributed by atoms with Gasteiger partial charge in [0, 0.05) is 26.2 Å². The Labute approximate surface area is 95.2 Å². The molecule has 0 aromatic heterocycles. The molecule has 1 fully saturated rings. The molecule has 6 nitrogen and oxygen atoms in total. The van der Waals surface area contributed by atoms with Gasteiger partial charge >= 0.3 is 5.97 Å². The first-order valence-electron chi connectivity index (χ1n) is 5.43. The van der Waals surface area contributed by atoms with Crippen molar-refractivity contribution in [2.45, 2.75) is 13.0 Å². The number of rotatable bonds is 4. The Kier molecular flexibility index (Phi) is 4.70. The quantitative estimate of drug-likeness (QED) is 0.635. The van der Waals surface area contributed by atoms with Crippen molar-refractivity contribution in [1.29, 1.82) is 0 Å². The molecular weight excluding hydrogens is 210 g/mol. The molecule has 1 unspecified atom stereocenters. The van der Waals surface area contributed by atoms with Gasteiger partial charge in [0.2, 0.25) is 5.91 Å². The first-order valence-corrected chi connectivity index (χ1v) is 5.43. The third-order valence-electron chi connectivity index (χ3n) is 2.79. The lowest BCUT2D eigenvalue weighted by Gasteiger charge is -2.32. The maximum atomic E-state index is 11.7. The van der Waals surface area contributed by atoms with Crippen LogP contribution in [0, 0.1) is 0 Å². The first kappa shape index (κ1) is 12.9. The summed E-state index contributed by atoms with van der Waals surface area (Å²) in [6, 6.07) is -0.684. The predicted octanol–water partition coefficient (Wildman–Crippen LogP) is -1.18. The zero-order chi connectivity index (χ0) is 12.1. The third kappa shape index (κ3) is 3.79. The fourth-order valence-corrected chi connectivity index (χ4v) is 1.50. The van der Waals surface area contributed by atoms with Crippen molar-refractivity contribution in [1.82, 2.24) is 15.1 Å². The summed E-state index contributed by atoms with van der Waals surface area (Å²) in [6.07, 6.45) is 0. The number of amides is 1. The highest BCUT2D eigenvalue weighted by atomic mass is 16.4. The van der Waals surface area contributed by atoms with Gasteiger partial charge < -0.3 is 14.9 Å². The molecule has 0 bridgehead atoms. The van der Waals surface area contributed by atoms with Crippen LogP contribution in [0.5, 0.6) is 0 Å². The average Bonchev–Trinajstić information content (AvgIpc) is 2.26. The van der Waals surface area contributed by atoms with Crippen molar-refractivity contribution in [3.63, 3.8) is 0 Å². The lowest BCUT2D eigenvalue weighted by molar-refractivity contribution is -0.139. The van der Waals surface area contributed by atoms with Crippen LogP contribution in [0.1, 0.15) is 6.92 Å². The Morgan fingerprint density at radius 2 is 1.88 bits per heavy atom. The number of nitrogens with zero attached hydrogens (tertiary/aromatic N) is 2. The number of hydrogen-bond acceptors (Lipinski definition) is 4. The van der Waals surface area contributed by atoms with Gasteiger partial charge in [0.25, 0.3) is 0 Å². The molecule has 6 heteroatoms. The Hall–Kier alpha value is -1.14. The van der Waals surface area contributed by atoms with Crippen molar-refractivity contribution >= 4 is 11.9 Å². The molecule has 92 valence electrons. The molecule has 0 aromatic rings. The van der Waals surface area contributed by atoms with Crippen molar-refractivity contribution < 1.29 is 14.7 Å². The maximum absolute atomic E-state index is 11.7. The van der Waals surface area contributed by atoms with Gasteiger partial charge in [-0.1, -0.05) is 0 Å². The zero-order valence-corrected chi connectivity index (χ0v) is 9.77. The summed E-state index contributed by atoms with van der Waals surface area (Å²) in [6.45, 7) is 4.81. The fraction of sp³-hybridized carbons (Fsp3) is 0.800. The molecule has 0 saturated carbocycles. The van der Waals surface area contributed by atoms with Crippen molar-refractivity contribution in [3.8, 4) is 0 Å². The predicted molar refractivity (Wildman–Crippen MR) is 59.2 cm³/mol. The number of nitrogens with one attached hydrogen (secondary N) is 1. The fourth-order valence-electron chi connectivity index (χ4n) is 1.50. The highest BCUT2D eigenvalue weighted by molar-refractivity contribution is 5.80. The van der Waals surface area contributed by atoms with E-state index in [1.54, 1.807) is 4.90 Å². The molecule has 1 aliphatic heterocycles. The van der Waals surface area contributed by atoms with E-state index in [1.165, 1.54) is 6.92 Å². The van der Waals surface area contributed by atoms with E-state index in [1.807, 2.05) is 7.05 Å². The van der Waals surface area contributed by atoms with E-state index in [-0.39, 0.29) is 12.5 Å². The largest absolute Gasteiger partial charge is 0.480 e. The molecule has 0 spiro atoms. The van der Waals surface area contributed by atoms with E-state index < -0.39 is 12.0 Å². The van der Waals surface area contributed by atoms with Crippen LogP contribution >= 0.6 is 0 Å². The number of carbonyl (C=O) groups excluding carboxylic acids is 1. The maximum Gasteiger partial charge on any atom is 0.320 e. The molecule has 0 aliphatic carbocycles. The second kappa shape index (κ2) is 5.81. The van der Waals surface area contributed by atoms with E-state index in [4.69, 9.17) is 5.11 Å². The normalized spacial score (nSPS) is 19.5. The smallest absolute Gasteiger partial charge is 0.320 e. The standard InChI is InChI=1S/C10H19N3O3/c1-8(10(15)16)11-7-9(14)13-5-3-12(2)4-6-13/h8,11H,3-7H2,1-2H3,(H,15,16). The molecule has 1 rings (SSSR count). The molecule has 0 radical (unpaired) electrons. The number of piperazine rings is 1. The summed E-state index contributed by atoms with van der Waals surface area (Å²) in [5.74, 6) is -0.965. The second-order valence-corrected chi connectivity index (χ2v) is 4.12. The number of hydrogen-bond donors (Lipinski definition) is 2. The third-order valence-corrected chi connectivity index (χ3v) is 2.79. The Morgan fingerprint density at radius 3 is 2.38 bits per heavy atom. The summed E-state index contributed by atoms with van der Waals surface area (Å²) >= 11 is 0. The minimum atomic E-state index is -0.939. The van der Waals surface area contributed by atoms with E-state index in [0.29, 0.717) is 0 Å². The van der Waals surface area contributed by atoms with Gasteiger partial charge in [-0.15, -0.1) is 0 Å². The van der Waals surface area contributed by atoms with E-state index in [0.717, 1.165) is 26.2 Å². The monoisotopic (exact) mass is 229 g/mol. The molecular formula is C10H19N3O3. The molecule has 16 heavy (non-hydrogen) atoms. The number of carboxylic acid groups (broad SMARTS) is 1. The SMILES string of the molecule is CC(NCC(=O)N1CCN(C)CC1)C(=O)O. The Morgan fingerprint density at radius 1 is 1.31 bits per heavy atom. The van der Waals surface area contributed by atoms with Gasteiger partial charge in [0.1, 0.15) is 6.04 Å². The van der Waals surface area contributed by atoms with Crippen LogP contribution in [0.25, 0.3) is 0 Å². The van der Waals surface area contributed by atoms with E-state index in [2.05, 4.69) is 10.2 Å². The summed E-state index contributed by atoms with van der Waals surface area (Å²) in [5, 5.41) is 11.3. The minimum Gasteiger partial charge on any atom is -0.480 e. The Balaban J connectivity index is 2.27. The van der Waals surface area contributed by atoms with Gasteiger partial charge in [-0.25, -0.2) is 0 Å². The molecule has 1 atom stereocenters. The van der Waals surface area contributed by atoms with Crippen LogP contribution in [0.2, 0.25) is 0 Å². The lowest BCUT2D eigenvalue weighted by Crippen LogP contribution is -2.50. The first-order chi connectivity index (χ1) is 7.50. The summed E-state index contributed by atoms with van der Waals surface area (Å²) < 4.78 is 0. The Bertz CT molecular complexity index is 262. The van der Waals surface area contributed by atoms with Crippen LogP contribution in [0.3, 0.4) is 0 Å². The van der Waals surface area contributed by atoms with Gasteiger partial charge in [0.15, 0.2) is 0 Å². The van der Waals surface area contributed by atoms with Crippen LogP contribution in [-0.2, 0) is 9.59 Å². The topological polar surface area (TPSA) is 72.9 Å². The van der Waals surface area contributed by atoms with E-state index >= 15 is 0 Å². The van der Waals surface area contributed by atoms with Gasteiger partial charge in [-0.2, -0.15) is 0 Å². The second-order valence-electron chi connectivity index (χ2n) is 4.12. The van der Waals surface area contributed by atoms with E-state index in [9.17, 15) is 9.59 Å². The number of aliphatic carboxylic acids is 1. The number of carbonyl (C=O) groups is 2. The van der Waals surface area contributed by atoms with Crippen molar-refractivity contribution in [2.75, 3.05) is 39.8 Å². The zero-order valence-electron chi connectivity index (χ0n) is 9.77.